The Kier molecular flexibility index (Phi) is 11.5. The lowest BCUT2D eigenvalue weighted by molar-refractivity contribution is -0.132. The third-order valence-electron chi connectivity index (χ3n) is 5.76. The highest BCUT2D eigenvalue weighted by atomic mass is 16.2. The van der Waals surface area contributed by atoms with Crippen LogP contribution in [0.15, 0.2) is 0 Å². The zero-order valence-corrected chi connectivity index (χ0v) is 17.0. The molecule has 1 heterocycles. The predicted molar refractivity (Wildman–Crippen MR) is 105 cm³/mol. The minimum absolute atomic E-state index is 0.408. The van der Waals surface area contributed by atoms with Crippen molar-refractivity contribution in [3.05, 3.63) is 0 Å². The van der Waals surface area contributed by atoms with E-state index in [9.17, 15) is 4.79 Å². The number of unbranched alkanes of at least 4 members (excludes halogenated alkanes) is 7. The molecule has 0 aromatic rings. The summed E-state index contributed by atoms with van der Waals surface area (Å²) in [5, 5.41) is 0. The topological polar surface area (TPSA) is 20.3 Å². The van der Waals surface area contributed by atoms with E-state index in [4.69, 9.17) is 0 Å². The molecule has 24 heavy (non-hydrogen) atoms. The average molecular weight is 338 g/mol. The maximum atomic E-state index is 12.3. The molecule has 0 aliphatic carbocycles. The fraction of sp³-hybridized carbons (Fsp3) is 0.955. The summed E-state index contributed by atoms with van der Waals surface area (Å²) in [6.07, 6.45) is 15.2. The van der Waals surface area contributed by atoms with Gasteiger partial charge in [0.25, 0.3) is 0 Å². The second kappa shape index (κ2) is 12.8. The van der Waals surface area contributed by atoms with Crippen molar-refractivity contribution in [3.8, 4) is 0 Å². The van der Waals surface area contributed by atoms with Gasteiger partial charge in [-0.25, -0.2) is 0 Å². The first-order valence-electron chi connectivity index (χ1n) is 10.8. The van der Waals surface area contributed by atoms with E-state index in [2.05, 4.69) is 32.6 Å². The van der Waals surface area contributed by atoms with Gasteiger partial charge in [-0.3, -0.25) is 4.79 Å². The van der Waals surface area contributed by atoms with Crippen LogP contribution in [-0.4, -0.2) is 23.9 Å². The Morgan fingerprint density at radius 1 is 0.833 bits per heavy atom. The van der Waals surface area contributed by atoms with Crippen LogP contribution in [0.3, 0.4) is 0 Å². The van der Waals surface area contributed by atoms with Gasteiger partial charge in [0.2, 0.25) is 5.91 Å². The summed E-state index contributed by atoms with van der Waals surface area (Å²) in [7, 11) is 0. The van der Waals surface area contributed by atoms with Crippen molar-refractivity contribution in [2.45, 2.75) is 105 Å². The summed E-state index contributed by atoms with van der Waals surface area (Å²) in [5.41, 5.74) is 0. The normalized spacial score (nSPS) is 16.3. The Hall–Kier alpha value is -0.530. The standard InChI is InChI=1S/C22H43NO/c1-19(2)13-11-9-7-5-6-8-10-12-14-22(24)23-17-15-21(16-18-23)20(3)4/h19-21H,5-18H2,1-4H3. The molecule has 1 amide bonds. The number of hydrogen-bond donors (Lipinski definition) is 0. The zero-order valence-electron chi connectivity index (χ0n) is 17.0. The molecule has 0 atom stereocenters. The second-order valence-electron chi connectivity index (χ2n) is 8.72. The first-order chi connectivity index (χ1) is 11.5. The quantitative estimate of drug-likeness (QED) is 0.375. The zero-order chi connectivity index (χ0) is 17.8. The van der Waals surface area contributed by atoms with Crippen LogP contribution in [0, 0.1) is 17.8 Å². The first kappa shape index (κ1) is 21.5. The third kappa shape index (κ3) is 9.69. The van der Waals surface area contributed by atoms with Crippen LogP contribution < -0.4 is 0 Å². The van der Waals surface area contributed by atoms with Crippen LogP contribution in [0.4, 0.5) is 0 Å². The maximum absolute atomic E-state index is 12.3. The van der Waals surface area contributed by atoms with Crippen molar-refractivity contribution in [2.24, 2.45) is 17.8 Å². The SMILES string of the molecule is CC(C)CCCCCCCCCCC(=O)N1CCC(C(C)C)CC1. The lowest BCUT2D eigenvalue weighted by Crippen LogP contribution is -2.39. The van der Waals surface area contributed by atoms with E-state index >= 15 is 0 Å². The highest BCUT2D eigenvalue weighted by Crippen LogP contribution is 2.25. The molecule has 1 aliphatic rings. The molecule has 0 aromatic heterocycles. The van der Waals surface area contributed by atoms with Crippen molar-refractivity contribution in [2.75, 3.05) is 13.1 Å². The smallest absolute Gasteiger partial charge is 0.222 e. The molecule has 142 valence electrons. The van der Waals surface area contributed by atoms with E-state index in [0.29, 0.717) is 5.91 Å². The van der Waals surface area contributed by atoms with Gasteiger partial charge in [0.15, 0.2) is 0 Å². The summed E-state index contributed by atoms with van der Waals surface area (Å²) in [4.78, 5) is 14.4. The van der Waals surface area contributed by atoms with Gasteiger partial charge in [-0.1, -0.05) is 79.1 Å². The van der Waals surface area contributed by atoms with E-state index in [1.807, 2.05) is 0 Å². The fourth-order valence-electron chi connectivity index (χ4n) is 3.86. The van der Waals surface area contributed by atoms with Crippen LogP contribution >= 0.6 is 0 Å². The molecular formula is C22H43NO. The minimum Gasteiger partial charge on any atom is -0.343 e. The summed E-state index contributed by atoms with van der Waals surface area (Å²) in [5.74, 6) is 2.87. The van der Waals surface area contributed by atoms with Crippen LogP contribution in [-0.2, 0) is 4.79 Å². The Bertz CT molecular complexity index is 316. The summed E-state index contributed by atoms with van der Waals surface area (Å²) in [6, 6.07) is 0. The predicted octanol–water partition coefficient (Wildman–Crippen LogP) is 6.44. The molecule has 2 heteroatoms. The van der Waals surface area contributed by atoms with Gasteiger partial charge in [0.1, 0.15) is 0 Å². The summed E-state index contributed by atoms with van der Waals surface area (Å²) >= 11 is 0. The monoisotopic (exact) mass is 337 g/mol. The van der Waals surface area contributed by atoms with Gasteiger partial charge in [0, 0.05) is 19.5 Å². The van der Waals surface area contributed by atoms with Crippen LogP contribution in [0.1, 0.15) is 105 Å². The van der Waals surface area contributed by atoms with Gasteiger partial charge in [-0.15, -0.1) is 0 Å². The summed E-state index contributed by atoms with van der Waals surface area (Å²) < 4.78 is 0. The van der Waals surface area contributed by atoms with Crippen LogP contribution in [0.2, 0.25) is 0 Å². The third-order valence-corrected chi connectivity index (χ3v) is 5.76. The van der Waals surface area contributed by atoms with Gasteiger partial charge in [0.05, 0.1) is 0 Å². The molecule has 0 unspecified atom stereocenters. The molecule has 0 saturated carbocycles. The number of amides is 1. The van der Waals surface area contributed by atoms with E-state index in [1.54, 1.807) is 0 Å². The number of nitrogens with zero attached hydrogens (tertiary/aromatic N) is 1. The molecular weight excluding hydrogens is 294 g/mol. The van der Waals surface area contributed by atoms with Crippen LogP contribution in [0.25, 0.3) is 0 Å². The van der Waals surface area contributed by atoms with Gasteiger partial charge < -0.3 is 4.90 Å². The second-order valence-corrected chi connectivity index (χ2v) is 8.72. The molecule has 0 N–H and O–H groups in total. The summed E-state index contributed by atoms with van der Waals surface area (Å²) in [6.45, 7) is 11.2. The maximum Gasteiger partial charge on any atom is 0.222 e. The highest BCUT2D eigenvalue weighted by molar-refractivity contribution is 5.76. The number of hydrogen-bond acceptors (Lipinski definition) is 1. The molecule has 1 fully saturated rings. The lowest BCUT2D eigenvalue weighted by atomic mass is 9.86. The number of rotatable bonds is 12. The highest BCUT2D eigenvalue weighted by Gasteiger charge is 2.23. The van der Waals surface area contributed by atoms with Gasteiger partial charge in [-0.05, 0) is 37.0 Å². The lowest BCUT2D eigenvalue weighted by Gasteiger charge is -2.34. The van der Waals surface area contributed by atoms with E-state index in [1.165, 1.54) is 64.2 Å². The molecule has 0 radical (unpaired) electrons. The van der Waals surface area contributed by atoms with E-state index in [-0.39, 0.29) is 0 Å². The average Bonchev–Trinajstić information content (AvgIpc) is 2.56. The van der Waals surface area contributed by atoms with Crippen molar-refractivity contribution >= 4 is 5.91 Å². The Morgan fingerprint density at radius 2 is 1.33 bits per heavy atom. The molecule has 0 bridgehead atoms. The van der Waals surface area contributed by atoms with E-state index in [0.717, 1.165) is 43.7 Å². The van der Waals surface area contributed by atoms with Gasteiger partial charge >= 0.3 is 0 Å². The minimum atomic E-state index is 0.408. The Morgan fingerprint density at radius 3 is 1.83 bits per heavy atom. The number of likely N-dealkylation sites (tertiary alicyclic amines) is 1. The molecule has 0 aromatic carbocycles. The molecule has 1 aliphatic heterocycles. The number of carbonyl (C=O) groups excluding carboxylic acids is 1. The molecule has 1 saturated heterocycles. The van der Waals surface area contributed by atoms with Crippen molar-refractivity contribution in [1.29, 1.82) is 0 Å². The van der Waals surface area contributed by atoms with E-state index < -0.39 is 0 Å². The molecule has 1 rings (SSSR count). The van der Waals surface area contributed by atoms with Crippen molar-refractivity contribution < 1.29 is 4.79 Å². The van der Waals surface area contributed by atoms with Crippen molar-refractivity contribution in [3.63, 3.8) is 0 Å². The number of carbonyl (C=O) groups is 1. The first-order valence-corrected chi connectivity index (χ1v) is 10.8. The fourth-order valence-corrected chi connectivity index (χ4v) is 3.86. The number of piperidine rings is 1. The largest absolute Gasteiger partial charge is 0.343 e. The van der Waals surface area contributed by atoms with Gasteiger partial charge in [-0.2, -0.15) is 0 Å². The van der Waals surface area contributed by atoms with Crippen molar-refractivity contribution in [1.82, 2.24) is 4.90 Å². The molecule has 2 nitrogen and oxygen atoms in total. The Labute approximate surface area is 151 Å². The van der Waals surface area contributed by atoms with Crippen LogP contribution in [0.5, 0.6) is 0 Å². The Balaban J connectivity index is 1.91. The molecule has 0 spiro atoms.